The van der Waals surface area contributed by atoms with Crippen molar-refractivity contribution < 1.29 is 13.2 Å². The minimum Gasteiger partial charge on any atom is -0.496 e. The van der Waals surface area contributed by atoms with Crippen molar-refractivity contribution in [1.29, 1.82) is 0 Å². The molecule has 0 fully saturated rings. The standard InChI is InChI=1S/C13H22N2O3S/c1-4-8-15-19(16,17)12-6-7-13(18-3)11(9-12)10-14-5-2/h6-7,9,14-15H,4-5,8,10H2,1-3H3. The minimum absolute atomic E-state index is 0.273. The molecule has 19 heavy (non-hydrogen) atoms. The summed E-state index contributed by atoms with van der Waals surface area (Å²) in [5.41, 5.74) is 0.837. The summed E-state index contributed by atoms with van der Waals surface area (Å²) in [5.74, 6) is 0.690. The fraction of sp³-hybridized carbons (Fsp3) is 0.538. The van der Waals surface area contributed by atoms with Crippen LogP contribution in [0.1, 0.15) is 25.8 Å². The first kappa shape index (κ1) is 15.9. The van der Waals surface area contributed by atoms with E-state index in [9.17, 15) is 8.42 Å². The zero-order chi connectivity index (χ0) is 14.3. The van der Waals surface area contributed by atoms with Crippen LogP contribution in [0.3, 0.4) is 0 Å². The second-order valence-electron chi connectivity index (χ2n) is 4.15. The van der Waals surface area contributed by atoms with Crippen molar-refractivity contribution in [2.24, 2.45) is 0 Å². The van der Waals surface area contributed by atoms with Gasteiger partial charge in [0.15, 0.2) is 0 Å². The maximum atomic E-state index is 12.0. The van der Waals surface area contributed by atoms with E-state index < -0.39 is 10.0 Å². The number of benzene rings is 1. The monoisotopic (exact) mass is 286 g/mol. The highest BCUT2D eigenvalue weighted by Crippen LogP contribution is 2.22. The average molecular weight is 286 g/mol. The number of methoxy groups -OCH3 is 1. The Kier molecular flexibility index (Phi) is 6.27. The van der Waals surface area contributed by atoms with E-state index in [2.05, 4.69) is 10.0 Å². The summed E-state index contributed by atoms with van der Waals surface area (Å²) >= 11 is 0. The first-order valence-corrected chi connectivity index (χ1v) is 7.90. The van der Waals surface area contributed by atoms with Gasteiger partial charge in [0.25, 0.3) is 0 Å². The van der Waals surface area contributed by atoms with Gasteiger partial charge in [-0.05, 0) is 31.2 Å². The lowest BCUT2D eigenvalue weighted by atomic mass is 10.2. The molecule has 0 heterocycles. The van der Waals surface area contributed by atoms with Crippen molar-refractivity contribution in [3.8, 4) is 5.75 Å². The molecule has 2 N–H and O–H groups in total. The fourth-order valence-electron chi connectivity index (χ4n) is 1.64. The maximum absolute atomic E-state index is 12.0. The van der Waals surface area contributed by atoms with Crippen molar-refractivity contribution in [2.45, 2.75) is 31.7 Å². The Morgan fingerprint density at radius 3 is 2.58 bits per heavy atom. The van der Waals surface area contributed by atoms with E-state index in [-0.39, 0.29) is 4.90 Å². The van der Waals surface area contributed by atoms with Crippen molar-refractivity contribution >= 4 is 10.0 Å². The molecule has 0 atom stereocenters. The Balaban J connectivity index is 3.03. The Hall–Kier alpha value is -1.11. The third kappa shape index (κ3) is 4.49. The molecule has 0 saturated heterocycles. The summed E-state index contributed by atoms with van der Waals surface area (Å²) < 4.78 is 31.9. The summed E-state index contributed by atoms with van der Waals surface area (Å²) in [6.07, 6.45) is 0.764. The molecular formula is C13H22N2O3S. The van der Waals surface area contributed by atoms with Crippen LogP contribution in [0.2, 0.25) is 0 Å². The molecule has 1 rings (SSSR count). The molecule has 0 unspecified atom stereocenters. The molecule has 0 aromatic heterocycles. The molecule has 0 amide bonds. The van der Waals surface area contributed by atoms with Crippen LogP contribution >= 0.6 is 0 Å². The smallest absolute Gasteiger partial charge is 0.240 e. The lowest BCUT2D eigenvalue weighted by Crippen LogP contribution is -2.24. The predicted molar refractivity (Wildman–Crippen MR) is 75.9 cm³/mol. The molecule has 1 aromatic carbocycles. The Morgan fingerprint density at radius 2 is 2.00 bits per heavy atom. The highest BCUT2D eigenvalue weighted by Gasteiger charge is 2.15. The van der Waals surface area contributed by atoms with Gasteiger partial charge in [0, 0.05) is 18.7 Å². The van der Waals surface area contributed by atoms with Crippen LogP contribution in [0.4, 0.5) is 0 Å². The lowest BCUT2D eigenvalue weighted by Gasteiger charge is -2.12. The van der Waals surface area contributed by atoms with Crippen molar-refractivity contribution in [3.05, 3.63) is 23.8 Å². The maximum Gasteiger partial charge on any atom is 0.240 e. The molecule has 0 aliphatic carbocycles. The van der Waals surface area contributed by atoms with E-state index in [1.165, 1.54) is 0 Å². The predicted octanol–water partition coefficient (Wildman–Crippen LogP) is 1.49. The van der Waals surface area contributed by atoms with E-state index in [1.807, 2.05) is 13.8 Å². The minimum atomic E-state index is -3.43. The van der Waals surface area contributed by atoms with Gasteiger partial charge in [0.2, 0.25) is 10.0 Å². The van der Waals surface area contributed by atoms with Crippen LogP contribution < -0.4 is 14.8 Å². The Morgan fingerprint density at radius 1 is 1.26 bits per heavy atom. The summed E-state index contributed by atoms with van der Waals surface area (Å²) in [5, 5.41) is 3.17. The van der Waals surface area contributed by atoms with E-state index in [0.29, 0.717) is 18.8 Å². The van der Waals surface area contributed by atoms with Crippen LogP contribution in [-0.2, 0) is 16.6 Å². The van der Waals surface area contributed by atoms with Gasteiger partial charge in [0.05, 0.1) is 12.0 Å². The summed E-state index contributed by atoms with van der Waals surface area (Å²) in [6, 6.07) is 4.90. The van der Waals surface area contributed by atoms with Gasteiger partial charge >= 0.3 is 0 Å². The summed E-state index contributed by atoms with van der Waals surface area (Å²) in [6.45, 7) is 5.75. The molecule has 0 aliphatic heterocycles. The van der Waals surface area contributed by atoms with Gasteiger partial charge in [-0.1, -0.05) is 13.8 Å². The van der Waals surface area contributed by atoms with Crippen LogP contribution in [0.15, 0.2) is 23.1 Å². The Bertz CT molecular complexity index is 501. The Labute approximate surface area is 115 Å². The van der Waals surface area contributed by atoms with E-state index in [4.69, 9.17) is 4.74 Å². The van der Waals surface area contributed by atoms with Gasteiger partial charge in [-0.3, -0.25) is 0 Å². The SMILES string of the molecule is CCCNS(=O)(=O)c1ccc(OC)c(CNCC)c1. The number of sulfonamides is 1. The van der Waals surface area contributed by atoms with E-state index in [0.717, 1.165) is 18.5 Å². The molecule has 0 radical (unpaired) electrons. The quantitative estimate of drug-likeness (QED) is 0.760. The topological polar surface area (TPSA) is 67.4 Å². The lowest BCUT2D eigenvalue weighted by molar-refractivity contribution is 0.407. The van der Waals surface area contributed by atoms with Crippen molar-refractivity contribution in [3.63, 3.8) is 0 Å². The highest BCUT2D eigenvalue weighted by atomic mass is 32.2. The normalized spacial score (nSPS) is 11.5. The van der Waals surface area contributed by atoms with Gasteiger partial charge in [-0.2, -0.15) is 0 Å². The van der Waals surface area contributed by atoms with Gasteiger partial charge in [-0.25, -0.2) is 13.1 Å². The van der Waals surface area contributed by atoms with Crippen molar-refractivity contribution in [2.75, 3.05) is 20.2 Å². The average Bonchev–Trinajstić information content (AvgIpc) is 2.42. The molecule has 0 bridgehead atoms. The van der Waals surface area contributed by atoms with Crippen LogP contribution in [0.5, 0.6) is 5.75 Å². The van der Waals surface area contributed by atoms with Crippen LogP contribution in [0.25, 0.3) is 0 Å². The third-order valence-electron chi connectivity index (χ3n) is 2.67. The second kappa shape index (κ2) is 7.47. The van der Waals surface area contributed by atoms with Gasteiger partial charge in [-0.15, -0.1) is 0 Å². The van der Waals surface area contributed by atoms with E-state index in [1.54, 1.807) is 25.3 Å². The van der Waals surface area contributed by atoms with E-state index >= 15 is 0 Å². The zero-order valence-electron chi connectivity index (χ0n) is 11.7. The molecule has 0 saturated carbocycles. The van der Waals surface area contributed by atoms with Crippen LogP contribution in [0, 0.1) is 0 Å². The first-order valence-electron chi connectivity index (χ1n) is 6.42. The molecule has 5 nitrogen and oxygen atoms in total. The third-order valence-corrected chi connectivity index (χ3v) is 4.13. The van der Waals surface area contributed by atoms with Crippen LogP contribution in [-0.4, -0.2) is 28.6 Å². The molecule has 0 aliphatic rings. The highest BCUT2D eigenvalue weighted by molar-refractivity contribution is 7.89. The zero-order valence-corrected chi connectivity index (χ0v) is 12.5. The summed E-state index contributed by atoms with van der Waals surface area (Å²) in [7, 11) is -1.85. The number of hydrogen-bond donors (Lipinski definition) is 2. The second-order valence-corrected chi connectivity index (χ2v) is 5.92. The molecular weight excluding hydrogens is 264 g/mol. The molecule has 1 aromatic rings. The number of hydrogen-bond acceptors (Lipinski definition) is 4. The van der Waals surface area contributed by atoms with Gasteiger partial charge < -0.3 is 10.1 Å². The molecule has 108 valence electrons. The number of nitrogens with one attached hydrogen (secondary N) is 2. The molecule has 0 spiro atoms. The largest absolute Gasteiger partial charge is 0.496 e. The first-order chi connectivity index (χ1) is 9.05. The molecule has 6 heteroatoms. The number of rotatable bonds is 8. The van der Waals surface area contributed by atoms with Crippen molar-refractivity contribution in [1.82, 2.24) is 10.0 Å². The fourth-order valence-corrected chi connectivity index (χ4v) is 2.82. The van der Waals surface area contributed by atoms with Gasteiger partial charge in [0.1, 0.15) is 5.75 Å². The summed E-state index contributed by atoms with van der Waals surface area (Å²) in [4.78, 5) is 0.273. The number of ether oxygens (including phenoxy) is 1.